The number of ether oxygens (including phenoxy) is 1. The minimum atomic E-state index is -4.02. The van der Waals surface area contributed by atoms with Gasteiger partial charge in [-0.1, -0.05) is 35.4 Å². The molecule has 1 fully saturated rings. The van der Waals surface area contributed by atoms with Crippen molar-refractivity contribution in [1.29, 1.82) is 0 Å². The molecule has 8 N–H and O–H groups in total. The van der Waals surface area contributed by atoms with E-state index in [0.717, 1.165) is 16.9 Å². The van der Waals surface area contributed by atoms with Crippen LogP contribution < -0.4 is 10.5 Å². The van der Waals surface area contributed by atoms with Gasteiger partial charge in [0.2, 0.25) is 0 Å². The first-order valence-electron chi connectivity index (χ1n) is 11.9. The van der Waals surface area contributed by atoms with E-state index in [9.17, 15) is 16.8 Å². The van der Waals surface area contributed by atoms with E-state index in [1.54, 1.807) is 30.5 Å². The van der Waals surface area contributed by atoms with E-state index in [4.69, 9.17) is 19.6 Å². The average Bonchev–Trinajstić information content (AvgIpc) is 3.29. The molecule has 1 atom stereocenters. The summed E-state index contributed by atoms with van der Waals surface area (Å²) in [6, 6.07) is 14.5. The van der Waals surface area contributed by atoms with Crippen molar-refractivity contribution in [2.45, 2.75) is 42.5 Å². The molecular weight excluding hydrogens is 562 g/mol. The van der Waals surface area contributed by atoms with E-state index in [1.807, 2.05) is 20.0 Å². The van der Waals surface area contributed by atoms with Crippen molar-refractivity contribution in [3.63, 3.8) is 0 Å². The molecule has 0 saturated carbocycles. The van der Waals surface area contributed by atoms with E-state index >= 15 is 0 Å². The van der Waals surface area contributed by atoms with Gasteiger partial charge >= 0.3 is 0 Å². The Labute approximate surface area is 235 Å². The van der Waals surface area contributed by atoms with Crippen LogP contribution in [-0.2, 0) is 20.2 Å². The van der Waals surface area contributed by atoms with Gasteiger partial charge in [0.15, 0.2) is 0 Å². The lowest BCUT2D eigenvalue weighted by Gasteiger charge is -2.19. The lowest BCUT2D eigenvalue weighted by Crippen LogP contribution is -2.17. The monoisotopic (exact) mass is 601 g/mol. The number of pyridine rings is 1. The summed E-state index contributed by atoms with van der Waals surface area (Å²) in [6.45, 7) is 5.93. The molecule has 2 heterocycles. The Balaban J connectivity index is 0.000000572. The maximum Gasteiger partial charge on any atom is 0.294 e. The number of nitrogens with two attached hydrogens (primary N) is 1. The molecule has 1 saturated heterocycles. The molecule has 40 heavy (non-hydrogen) atoms. The van der Waals surface area contributed by atoms with E-state index in [1.165, 1.54) is 49.2 Å². The topological polar surface area (TPSA) is 223 Å². The van der Waals surface area contributed by atoms with E-state index in [2.05, 4.69) is 23.0 Å². The van der Waals surface area contributed by atoms with Crippen molar-refractivity contribution in [1.82, 2.24) is 9.88 Å². The number of likely N-dealkylation sites (tertiary alicyclic amines) is 1. The van der Waals surface area contributed by atoms with Gasteiger partial charge in [-0.15, -0.1) is 0 Å². The number of benzene rings is 2. The summed E-state index contributed by atoms with van der Waals surface area (Å²) in [5.74, 6) is 0.822. The van der Waals surface area contributed by atoms with Gasteiger partial charge in [0.25, 0.3) is 20.2 Å². The highest BCUT2D eigenvalue weighted by Crippen LogP contribution is 2.31. The van der Waals surface area contributed by atoms with Gasteiger partial charge in [0.1, 0.15) is 12.4 Å². The quantitative estimate of drug-likeness (QED) is 0.348. The largest absolute Gasteiger partial charge is 0.491 e. The van der Waals surface area contributed by atoms with Crippen molar-refractivity contribution in [2.75, 3.05) is 26.7 Å². The molecule has 1 aliphatic heterocycles. The molecule has 12 nitrogen and oxygen atoms in total. The smallest absolute Gasteiger partial charge is 0.294 e. The first kappa shape index (κ1) is 37.1. The average molecular weight is 602 g/mol. The Morgan fingerprint density at radius 1 is 0.900 bits per heavy atom. The third-order valence-electron chi connectivity index (χ3n) is 5.66. The lowest BCUT2D eigenvalue weighted by atomic mass is 10.1. The van der Waals surface area contributed by atoms with Crippen molar-refractivity contribution in [2.24, 2.45) is 5.73 Å². The molecule has 1 aromatic heterocycles. The highest BCUT2D eigenvalue weighted by atomic mass is 32.2. The van der Waals surface area contributed by atoms with Crippen molar-refractivity contribution in [3.8, 4) is 5.75 Å². The number of hydrogen-bond acceptors (Lipinski definition) is 8. The number of rotatable bonds is 6. The molecule has 0 amide bonds. The van der Waals surface area contributed by atoms with Crippen molar-refractivity contribution < 1.29 is 41.6 Å². The third kappa shape index (κ3) is 12.5. The Kier molecular flexibility index (Phi) is 15.7. The summed E-state index contributed by atoms with van der Waals surface area (Å²) in [5.41, 5.74) is 8.56. The first-order valence-corrected chi connectivity index (χ1v) is 14.8. The van der Waals surface area contributed by atoms with E-state index < -0.39 is 20.2 Å². The van der Waals surface area contributed by atoms with Crippen LogP contribution in [0, 0.1) is 13.8 Å². The predicted octanol–water partition coefficient (Wildman–Crippen LogP) is 2.02. The van der Waals surface area contributed by atoms with Gasteiger partial charge in [-0.3, -0.25) is 19.0 Å². The highest BCUT2D eigenvalue weighted by molar-refractivity contribution is 7.86. The maximum atomic E-state index is 10.5. The van der Waals surface area contributed by atoms with Gasteiger partial charge < -0.3 is 21.4 Å². The summed E-state index contributed by atoms with van der Waals surface area (Å²) in [6.07, 6.45) is 6.14. The zero-order valence-corrected chi connectivity index (χ0v) is 24.3. The second kappa shape index (κ2) is 17.0. The Hall–Kier alpha value is -2.95. The van der Waals surface area contributed by atoms with Crippen LogP contribution in [0.4, 0.5) is 0 Å². The fourth-order valence-electron chi connectivity index (χ4n) is 3.63. The number of aromatic nitrogens is 1. The molecular formula is C26H39N3O9S2. The first-order chi connectivity index (χ1) is 17.8. The molecule has 4 rings (SSSR count). The second-order valence-corrected chi connectivity index (χ2v) is 11.6. The van der Waals surface area contributed by atoms with Gasteiger partial charge in [-0.25, -0.2) is 0 Å². The molecule has 0 unspecified atom stereocenters. The van der Waals surface area contributed by atoms with Gasteiger partial charge in [0, 0.05) is 18.8 Å². The summed E-state index contributed by atoms with van der Waals surface area (Å²) in [5, 5.41) is 0. The van der Waals surface area contributed by atoms with Crippen LogP contribution in [0.15, 0.2) is 76.8 Å². The van der Waals surface area contributed by atoms with Crippen LogP contribution in [0.2, 0.25) is 0 Å². The zero-order chi connectivity index (χ0) is 28.3. The SMILES string of the molecule is CN1CCC[C@H]1c1cncc(OCCN)c1.Cc1ccc(S(=O)(=O)O)cc1.Cc1ccc(S(=O)(=O)O)cc1.O.O. The Morgan fingerprint density at radius 2 is 1.38 bits per heavy atom. The molecule has 0 bridgehead atoms. The van der Waals surface area contributed by atoms with Crippen LogP contribution in [-0.4, -0.2) is 73.5 Å². The fraction of sp³-hybridized carbons (Fsp3) is 0.346. The van der Waals surface area contributed by atoms with Crippen LogP contribution in [0.3, 0.4) is 0 Å². The number of nitrogens with zero attached hydrogens (tertiary/aromatic N) is 2. The van der Waals surface area contributed by atoms with E-state index in [-0.39, 0.29) is 20.7 Å². The maximum absolute atomic E-state index is 10.5. The van der Waals surface area contributed by atoms with Crippen LogP contribution in [0.1, 0.15) is 35.6 Å². The van der Waals surface area contributed by atoms with Crippen molar-refractivity contribution >= 4 is 20.2 Å². The zero-order valence-electron chi connectivity index (χ0n) is 22.7. The van der Waals surface area contributed by atoms with Crippen LogP contribution in [0.5, 0.6) is 5.75 Å². The van der Waals surface area contributed by atoms with Crippen molar-refractivity contribution in [3.05, 3.63) is 83.7 Å². The molecule has 224 valence electrons. The van der Waals surface area contributed by atoms with Crippen LogP contribution >= 0.6 is 0 Å². The minimum Gasteiger partial charge on any atom is -0.491 e. The Bertz CT molecular complexity index is 1290. The Morgan fingerprint density at radius 3 is 1.75 bits per heavy atom. The molecule has 0 radical (unpaired) electrons. The molecule has 3 aromatic rings. The van der Waals surface area contributed by atoms with E-state index in [0.29, 0.717) is 19.2 Å². The highest BCUT2D eigenvalue weighted by Gasteiger charge is 2.23. The number of hydrogen-bond donors (Lipinski definition) is 3. The fourth-order valence-corrected chi connectivity index (χ4v) is 4.59. The predicted molar refractivity (Wildman–Crippen MR) is 153 cm³/mol. The molecule has 0 aliphatic carbocycles. The molecule has 14 heteroatoms. The second-order valence-electron chi connectivity index (χ2n) is 8.81. The van der Waals surface area contributed by atoms with Gasteiger partial charge in [0.05, 0.1) is 16.0 Å². The number of aryl methyl sites for hydroxylation is 2. The molecule has 2 aromatic carbocycles. The summed E-state index contributed by atoms with van der Waals surface area (Å²) in [4.78, 5) is 6.46. The lowest BCUT2D eigenvalue weighted by molar-refractivity contribution is 0.309. The standard InChI is InChI=1S/C12H19N3O.2C7H8O3S.2H2O/c1-15-5-2-3-12(15)10-7-11(9-14-8-10)16-6-4-13;2*1-6-2-4-7(5-3-6)11(8,9)10;;/h7-9,12H,2-6,13H2,1H3;2*2-5H,1H3,(H,8,9,10);2*1H2/t12-;;;;/m0..../s1. The summed E-state index contributed by atoms with van der Waals surface area (Å²) in [7, 11) is -5.88. The minimum absolute atomic E-state index is 0. The normalized spacial score (nSPS) is 14.8. The van der Waals surface area contributed by atoms with Gasteiger partial charge in [-0.2, -0.15) is 16.8 Å². The van der Waals surface area contributed by atoms with Crippen LogP contribution in [0.25, 0.3) is 0 Å². The summed E-state index contributed by atoms with van der Waals surface area (Å²) < 4.78 is 64.6. The third-order valence-corrected chi connectivity index (χ3v) is 7.40. The summed E-state index contributed by atoms with van der Waals surface area (Å²) >= 11 is 0. The van der Waals surface area contributed by atoms with Gasteiger partial charge in [-0.05, 0) is 76.2 Å². The molecule has 1 aliphatic rings. The molecule has 0 spiro atoms.